The largest absolute Gasteiger partial charge is 0.416 e. The number of rotatable bonds is 5. The van der Waals surface area contributed by atoms with E-state index in [0.29, 0.717) is 22.9 Å². The number of halogens is 4. The van der Waals surface area contributed by atoms with Gasteiger partial charge in [0.1, 0.15) is 0 Å². The summed E-state index contributed by atoms with van der Waals surface area (Å²) in [5.41, 5.74) is 7.49. The molecule has 1 atom stereocenters. The SMILES string of the molecule is N[C@@H](NCc1ccn(-c2ccc(C(F)(F)F)cc2)n1)c1cccc(Cl)c1. The predicted octanol–water partition coefficient (Wildman–Crippen LogP) is 4.29. The van der Waals surface area contributed by atoms with Gasteiger partial charge in [-0.3, -0.25) is 5.32 Å². The molecule has 0 saturated carbocycles. The van der Waals surface area contributed by atoms with Crippen LogP contribution in [0.2, 0.25) is 5.02 Å². The molecule has 1 heterocycles. The fourth-order valence-electron chi connectivity index (χ4n) is 2.44. The summed E-state index contributed by atoms with van der Waals surface area (Å²) in [7, 11) is 0. The molecule has 8 heteroatoms. The smallest absolute Gasteiger partial charge is 0.312 e. The van der Waals surface area contributed by atoms with E-state index in [2.05, 4.69) is 10.4 Å². The second-order valence-corrected chi connectivity index (χ2v) is 6.15. The number of aromatic nitrogens is 2. The first-order valence-corrected chi connectivity index (χ1v) is 8.17. The Morgan fingerprint density at radius 1 is 1.12 bits per heavy atom. The first kappa shape index (κ1) is 18.4. The van der Waals surface area contributed by atoms with Gasteiger partial charge in [-0.1, -0.05) is 23.7 Å². The van der Waals surface area contributed by atoms with E-state index in [1.54, 1.807) is 24.4 Å². The first-order valence-electron chi connectivity index (χ1n) is 7.79. The van der Waals surface area contributed by atoms with Crippen LogP contribution in [0.5, 0.6) is 0 Å². The molecule has 3 N–H and O–H groups in total. The standard InChI is InChI=1S/C18H16ClF3N4/c19-14-3-1-2-12(10-14)17(23)24-11-15-8-9-26(25-15)16-6-4-13(5-7-16)18(20,21)22/h1-10,17,24H,11,23H2/t17-/m0/s1. The van der Waals surface area contributed by atoms with Crippen molar-refractivity contribution in [3.8, 4) is 5.69 Å². The van der Waals surface area contributed by atoms with Crippen molar-refractivity contribution in [3.63, 3.8) is 0 Å². The molecule has 0 fully saturated rings. The third-order valence-corrected chi connectivity index (χ3v) is 4.05. The maximum absolute atomic E-state index is 12.6. The maximum atomic E-state index is 12.6. The van der Waals surface area contributed by atoms with Gasteiger partial charge in [0.2, 0.25) is 0 Å². The summed E-state index contributed by atoms with van der Waals surface area (Å²) in [6.07, 6.45) is -3.08. The van der Waals surface area contributed by atoms with Crippen LogP contribution in [0.15, 0.2) is 60.8 Å². The molecule has 26 heavy (non-hydrogen) atoms. The minimum atomic E-state index is -4.35. The molecule has 0 spiro atoms. The summed E-state index contributed by atoms with van der Waals surface area (Å²) >= 11 is 5.95. The van der Waals surface area contributed by atoms with Crippen LogP contribution < -0.4 is 11.1 Å². The minimum Gasteiger partial charge on any atom is -0.312 e. The zero-order valence-electron chi connectivity index (χ0n) is 13.5. The van der Waals surface area contributed by atoms with E-state index in [1.165, 1.54) is 16.8 Å². The molecule has 4 nitrogen and oxygen atoms in total. The lowest BCUT2D eigenvalue weighted by atomic mass is 10.2. The highest BCUT2D eigenvalue weighted by Crippen LogP contribution is 2.29. The van der Waals surface area contributed by atoms with Crippen LogP contribution in [-0.4, -0.2) is 9.78 Å². The summed E-state index contributed by atoms with van der Waals surface area (Å²) in [6, 6.07) is 13.8. The zero-order chi connectivity index (χ0) is 18.7. The van der Waals surface area contributed by atoms with Gasteiger partial charge in [0, 0.05) is 17.8 Å². The van der Waals surface area contributed by atoms with E-state index in [-0.39, 0.29) is 0 Å². The van der Waals surface area contributed by atoms with E-state index in [4.69, 9.17) is 17.3 Å². The van der Waals surface area contributed by atoms with Gasteiger partial charge in [0.05, 0.1) is 23.1 Å². The first-order chi connectivity index (χ1) is 12.3. The Balaban J connectivity index is 1.64. The van der Waals surface area contributed by atoms with Crippen molar-refractivity contribution >= 4 is 11.6 Å². The topological polar surface area (TPSA) is 55.9 Å². The van der Waals surface area contributed by atoms with Gasteiger partial charge in [-0.2, -0.15) is 18.3 Å². The molecule has 0 bridgehead atoms. The Bertz CT molecular complexity index is 875. The van der Waals surface area contributed by atoms with E-state index >= 15 is 0 Å². The van der Waals surface area contributed by atoms with E-state index in [1.807, 2.05) is 12.1 Å². The summed E-state index contributed by atoms with van der Waals surface area (Å²) in [4.78, 5) is 0. The number of benzene rings is 2. The highest BCUT2D eigenvalue weighted by atomic mass is 35.5. The number of nitrogens with zero attached hydrogens (tertiary/aromatic N) is 2. The van der Waals surface area contributed by atoms with Crippen molar-refractivity contribution < 1.29 is 13.2 Å². The average molecular weight is 381 g/mol. The highest BCUT2D eigenvalue weighted by molar-refractivity contribution is 6.30. The predicted molar refractivity (Wildman–Crippen MR) is 93.8 cm³/mol. The van der Waals surface area contributed by atoms with Gasteiger partial charge in [-0.15, -0.1) is 0 Å². The summed E-state index contributed by atoms with van der Waals surface area (Å²) in [5, 5.41) is 8.08. The van der Waals surface area contributed by atoms with Crippen molar-refractivity contribution in [3.05, 3.63) is 82.6 Å². The van der Waals surface area contributed by atoms with Crippen LogP contribution in [0.25, 0.3) is 5.69 Å². The van der Waals surface area contributed by atoms with Crippen molar-refractivity contribution in [2.45, 2.75) is 18.9 Å². The van der Waals surface area contributed by atoms with Gasteiger partial charge >= 0.3 is 6.18 Å². The molecular weight excluding hydrogens is 365 g/mol. The van der Waals surface area contributed by atoms with Crippen molar-refractivity contribution in [2.24, 2.45) is 5.73 Å². The average Bonchev–Trinajstić information content (AvgIpc) is 3.08. The Morgan fingerprint density at radius 3 is 2.50 bits per heavy atom. The fourth-order valence-corrected chi connectivity index (χ4v) is 2.63. The van der Waals surface area contributed by atoms with Gasteiger partial charge < -0.3 is 5.73 Å². The van der Waals surface area contributed by atoms with Crippen LogP contribution in [-0.2, 0) is 12.7 Å². The molecule has 1 aromatic heterocycles. The molecule has 136 valence electrons. The van der Waals surface area contributed by atoms with Gasteiger partial charge in [0.25, 0.3) is 0 Å². The lowest BCUT2D eigenvalue weighted by molar-refractivity contribution is -0.137. The number of hydrogen-bond acceptors (Lipinski definition) is 3. The van der Waals surface area contributed by atoms with Gasteiger partial charge in [-0.25, -0.2) is 4.68 Å². The van der Waals surface area contributed by atoms with Crippen LogP contribution in [0.1, 0.15) is 23.0 Å². The lowest BCUT2D eigenvalue weighted by Crippen LogP contribution is -2.28. The highest BCUT2D eigenvalue weighted by Gasteiger charge is 2.30. The molecule has 0 unspecified atom stereocenters. The Kier molecular flexibility index (Phi) is 5.31. The molecule has 0 aliphatic heterocycles. The number of hydrogen-bond donors (Lipinski definition) is 2. The normalized spacial score (nSPS) is 13.0. The third kappa shape index (κ3) is 4.43. The Labute approximate surface area is 153 Å². The van der Waals surface area contributed by atoms with Crippen molar-refractivity contribution in [1.82, 2.24) is 15.1 Å². The number of nitrogens with one attached hydrogen (secondary N) is 1. The Hall–Kier alpha value is -2.35. The summed E-state index contributed by atoms with van der Waals surface area (Å²) in [5.74, 6) is 0. The number of alkyl halides is 3. The zero-order valence-corrected chi connectivity index (χ0v) is 14.3. The lowest BCUT2D eigenvalue weighted by Gasteiger charge is -2.13. The van der Waals surface area contributed by atoms with Crippen LogP contribution >= 0.6 is 11.6 Å². The van der Waals surface area contributed by atoms with Crippen LogP contribution in [0.4, 0.5) is 13.2 Å². The van der Waals surface area contributed by atoms with Crippen molar-refractivity contribution in [2.75, 3.05) is 0 Å². The summed E-state index contributed by atoms with van der Waals surface area (Å²) < 4.78 is 39.4. The second kappa shape index (κ2) is 7.49. The molecule has 2 aromatic carbocycles. The molecule has 0 amide bonds. The molecular formula is C18H16ClF3N4. The molecule has 0 saturated heterocycles. The van der Waals surface area contributed by atoms with E-state index in [0.717, 1.165) is 17.7 Å². The van der Waals surface area contributed by atoms with Crippen molar-refractivity contribution in [1.29, 1.82) is 0 Å². The second-order valence-electron chi connectivity index (χ2n) is 5.71. The molecule has 3 aromatic rings. The molecule has 0 radical (unpaired) electrons. The summed E-state index contributed by atoms with van der Waals surface area (Å²) in [6.45, 7) is 0.404. The van der Waals surface area contributed by atoms with Gasteiger partial charge in [0.15, 0.2) is 0 Å². The van der Waals surface area contributed by atoms with E-state index in [9.17, 15) is 13.2 Å². The van der Waals surface area contributed by atoms with Crippen LogP contribution in [0, 0.1) is 0 Å². The quantitative estimate of drug-likeness (QED) is 0.649. The minimum absolute atomic E-state index is 0.404. The number of nitrogens with two attached hydrogens (primary N) is 1. The monoisotopic (exact) mass is 380 g/mol. The van der Waals surface area contributed by atoms with E-state index < -0.39 is 17.9 Å². The molecule has 3 rings (SSSR count). The Morgan fingerprint density at radius 2 is 1.85 bits per heavy atom. The maximum Gasteiger partial charge on any atom is 0.416 e. The van der Waals surface area contributed by atoms with Crippen LogP contribution in [0.3, 0.4) is 0 Å². The third-order valence-electron chi connectivity index (χ3n) is 3.81. The fraction of sp³-hybridized carbons (Fsp3) is 0.167. The molecule has 0 aliphatic carbocycles. The van der Waals surface area contributed by atoms with Gasteiger partial charge in [-0.05, 0) is 48.0 Å². The molecule has 0 aliphatic rings.